The van der Waals surface area contributed by atoms with Crippen LogP contribution in [0.15, 0.2) is 15.2 Å². The lowest BCUT2D eigenvalue weighted by Crippen LogP contribution is -2.10. The van der Waals surface area contributed by atoms with E-state index in [0.29, 0.717) is 15.7 Å². The van der Waals surface area contributed by atoms with Crippen LogP contribution in [0.2, 0.25) is 0 Å². The number of aryl methyl sites for hydroxylation is 1. The molecule has 0 saturated carbocycles. The maximum atomic E-state index is 12.0. The molecular weight excluding hydrogens is 364 g/mol. The summed E-state index contributed by atoms with van der Waals surface area (Å²) in [5.41, 5.74) is 1.60. The average Bonchev–Trinajstić information content (AvgIpc) is 2.97. The number of aromatic nitrogens is 1. The van der Waals surface area contributed by atoms with Crippen molar-refractivity contribution in [3.05, 3.63) is 31.4 Å². The lowest BCUT2D eigenvalue weighted by Gasteiger charge is -1.98. The minimum atomic E-state index is -0.356. The highest BCUT2D eigenvalue weighted by molar-refractivity contribution is 9.11. The number of carbonyl (C=O) groups is 2. The standard InChI is InChI=1S/C12H11BrN2O3S2/c1-6-3-8(20-10(6)13)11(17)15-12-14-7(5-19-12)4-9(16)18-2/h3,5H,4H2,1-2H3,(H,14,15,17). The van der Waals surface area contributed by atoms with Crippen molar-refractivity contribution in [2.75, 3.05) is 12.4 Å². The van der Waals surface area contributed by atoms with E-state index < -0.39 is 0 Å². The smallest absolute Gasteiger partial charge is 0.311 e. The summed E-state index contributed by atoms with van der Waals surface area (Å²) in [7, 11) is 1.33. The van der Waals surface area contributed by atoms with Crippen LogP contribution in [-0.4, -0.2) is 24.0 Å². The highest BCUT2D eigenvalue weighted by atomic mass is 79.9. The van der Waals surface area contributed by atoms with Crippen LogP contribution < -0.4 is 5.32 Å². The molecular formula is C12H11BrN2O3S2. The van der Waals surface area contributed by atoms with Gasteiger partial charge in [-0.1, -0.05) is 0 Å². The number of nitrogens with one attached hydrogen (secondary N) is 1. The van der Waals surface area contributed by atoms with E-state index in [0.717, 1.165) is 9.35 Å². The fourth-order valence-corrected chi connectivity index (χ4v) is 3.53. The van der Waals surface area contributed by atoms with Crippen LogP contribution in [0.1, 0.15) is 20.9 Å². The molecule has 0 aliphatic rings. The number of carbonyl (C=O) groups excluding carboxylic acids is 2. The summed E-state index contributed by atoms with van der Waals surface area (Å²) in [6, 6.07) is 1.81. The van der Waals surface area contributed by atoms with Crippen LogP contribution in [0.5, 0.6) is 0 Å². The van der Waals surface area contributed by atoms with Crippen molar-refractivity contribution in [2.24, 2.45) is 0 Å². The van der Waals surface area contributed by atoms with Gasteiger partial charge in [0.05, 0.1) is 27.9 Å². The molecule has 2 rings (SSSR count). The predicted molar refractivity (Wildman–Crippen MR) is 82.5 cm³/mol. The van der Waals surface area contributed by atoms with Crippen molar-refractivity contribution in [3.8, 4) is 0 Å². The largest absolute Gasteiger partial charge is 0.469 e. The first kappa shape index (κ1) is 15.1. The summed E-state index contributed by atoms with van der Waals surface area (Å²) in [4.78, 5) is 27.9. The monoisotopic (exact) mass is 374 g/mol. The van der Waals surface area contributed by atoms with Crippen LogP contribution in [0.25, 0.3) is 0 Å². The topological polar surface area (TPSA) is 68.3 Å². The Kier molecular flexibility index (Phi) is 4.90. The molecule has 0 fully saturated rings. The molecule has 20 heavy (non-hydrogen) atoms. The van der Waals surface area contributed by atoms with E-state index in [1.165, 1.54) is 29.8 Å². The maximum Gasteiger partial charge on any atom is 0.311 e. The molecule has 8 heteroatoms. The van der Waals surface area contributed by atoms with Crippen molar-refractivity contribution in [1.82, 2.24) is 4.98 Å². The van der Waals surface area contributed by atoms with E-state index in [9.17, 15) is 9.59 Å². The second kappa shape index (κ2) is 6.47. The number of anilines is 1. The van der Waals surface area contributed by atoms with E-state index in [2.05, 4.69) is 31.0 Å². The first-order valence-electron chi connectivity index (χ1n) is 5.58. The van der Waals surface area contributed by atoms with Crippen molar-refractivity contribution >= 4 is 55.6 Å². The summed E-state index contributed by atoms with van der Waals surface area (Å²) in [6.07, 6.45) is 0.104. The molecule has 0 spiro atoms. The van der Waals surface area contributed by atoms with Crippen LogP contribution >= 0.6 is 38.6 Å². The van der Waals surface area contributed by atoms with E-state index in [1.807, 2.05) is 13.0 Å². The SMILES string of the molecule is COC(=O)Cc1csc(NC(=O)c2cc(C)c(Br)s2)n1. The van der Waals surface area contributed by atoms with Gasteiger partial charge in [0.15, 0.2) is 5.13 Å². The third kappa shape index (κ3) is 3.65. The zero-order valence-corrected chi connectivity index (χ0v) is 13.9. The Hall–Kier alpha value is -1.25. The van der Waals surface area contributed by atoms with Gasteiger partial charge < -0.3 is 4.74 Å². The van der Waals surface area contributed by atoms with E-state index >= 15 is 0 Å². The number of amides is 1. The van der Waals surface area contributed by atoms with Crippen LogP contribution in [0.4, 0.5) is 5.13 Å². The molecule has 0 atom stereocenters. The van der Waals surface area contributed by atoms with Gasteiger partial charge in [-0.15, -0.1) is 22.7 Å². The van der Waals surface area contributed by atoms with Gasteiger partial charge in [0.2, 0.25) is 0 Å². The molecule has 0 unspecified atom stereocenters. The molecule has 2 aromatic rings. The van der Waals surface area contributed by atoms with Crippen LogP contribution in [0.3, 0.4) is 0 Å². The number of nitrogens with zero attached hydrogens (tertiary/aromatic N) is 1. The molecule has 0 bridgehead atoms. The highest BCUT2D eigenvalue weighted by Crippen LogP contribution is 2.28. The molecule has 0 saturated heterocycles. The number of esters is 1. The number of halogens is 1. The van der Waals surface area contributed by atoms with Crippen LogP contribution in [-0.2, 0) is 16.0 Å². The lowest BCUT2D eigenvalue weighted by molar-refractivity contribution is -0.139. The summed E-state index contributed by atoms with van der Waals surface area (Å²) >= 11 is 6.03. The fourth-order valence-electron chi connectivity index (χ4n) is 1.40. The minimum absolute atomic E-state index is 0.104. The zero-order valence-electron chi connectivity index (χ0n) is 10.7. The van der Waals surface area contributed by atoms with Gasteiger partial charge in [-0.2, -0.15) is 0 Å². The van der Waals surface area contributed by atoms with Gasteiger partial charge in [-0.3, -0.25) is 14.9 Å². The highest BCUT2D eigenvalue weighted by Gasteiger charge is 2.14. The van der Waals surface area contributed by atoms with Gasteiger partial charge in [-0.05, 0) is 34.5 Å². The molecule has 106 valence electrons. The first-order chi connectivity index (χ1) is 9.49. The summed E-state index contributed by atoms with van der Waals surface area (Å²) in [5, 5.41) is 4.91. The van der Waals surface area contributed by atoms with Crippen molar-refractivity contribution < 1.29 is 14.3 Å². The summed E-state index contributed by atoms with van der Waals surface area (Å²) < 4.78 is 5.50. The molecule has 1 amide bonds. The average molecular weight is 375 g/mol. The first-order valence-corrected chi connectivity index (χ1v) is 8.07. The van der Waals surface area contributed by atoms with E-state index in [-0.39, 0.29) is 18.3 Å². The predicted octanol–water partition coefficient (Wildman–Crippen LogP) is 3.24. The Bertz CT molecular complexity index is 631. The zero-order chi connectivity index (χ0) is 14.7. The summed E-state index contributed by atoms with van der Waals surface area (Å²) in [6.45, 7) is 1.93. The molecule has 5 nitrogen and oxygen atoms in total. The van der Waals surface area contributed by atoms with Gasteiger partial charge in [0, 0.05) is 5.38 Å². The third-order valence-electron chi connectivity index (χ3n) is 2.41. The lowest BCUT2D eigenvalue weighted by atomic mass is 10.3. The van der Waals surface area contributed by atoms with E-state index in [1.54, 1.807) is 5.38 Å². The number of thiophene rings is 1. The molecule has 0 aliphatic heterocycles. The number of thiazole rings is 1. The van der Waals surface area contributed by atoms with Crippen molar-refractivity contribution in [2.45, 2.75) is 13.3 Å². The number of ether oxygens (including phenoxy) is 1. The van der Waals surface area contributed by atoms with Gasteiger partial charge >= 0.3 is 5.97 Å². The number of hydrogen-bond donors (Lipinski definition) is 1. The van der Waals surface area contributed by atoms with Crippen molar-refractivity contribution in [1.29, 1.82) is 0 Å². The van der Waals surface area contributed by atoms with Gasteiger partial charge in [0.1, 0.15) is 0 Å². The Balaban J connectivity index is 2.03. The van der Waals surface area contributed by atoms with Gasteiger partial charge in [0.25, 0.3) is 5.91 Å². The van der Waals surface area contributed by atoms with Gasteiger partial charge in [-0.25, -0.2) is 4.98 Å². The Morgan fingerprint density at radius 3 is 2.85 bits per heavy atom. The quantitative estimate of drug-likeness (QED) is 0.833. The number of rotatable bonds is 4. The Morgan fingerprint density at radius 1 is 1.50 bits per heavy atom. The maximum absolute atomic E-state index is 12.0. The second-order valence-electron chi connectivity index (χ2n) is 3.92. The second-order valence-corrected chi connectivity index (χ2v) is 7.15. The normalized spacial score (nSPS) is 10.3. The fraction of sp³-hybridized carbons (Fsp3) is 0.250. The van der Waals surface area contributed by atoms with Crippen LogP contribution in [0, 0.1) is 6.92 Å². The Morgan fingerprint density at radius 2 is 2.25 bits per heavy atom. The van der Waals surface area contributed by atoms with Crippen molar-refractivity contribution in [3.63, 3.8) is 0 Å². The Labute approximate surface area is 132 Å². The molecule has 2 heterocycles. The third-order valence-corrected chi connectivity index (χ3v) is 5.35. The number of methoxy groups -OCH3 is 1. The van der Waals surface area contributed by atoms with E-state index in [4.69, 9.17) is 0 Å². The molecule has 0 aliphatic carbocycles. The molecule has 2 aromatic heterocycles. The summed E-state index contributed by atoms with van der Waals surface area (Å²) in [5.74, 6) is -0.561. The molecule has 0 radical (unpaired) electrons. The number of hydrogen-bond acceptors (Lipinski definition) is 6. The molecule has 0 aromatic carbocycles. The molecule has 1 N–H and O–H groups in total. The minimum Gasteiger partial charge on any atom is -0.469 e.